The first kappa shape index (κ1) is 15.8. The Morgan fingerprint density at radius 1 is 1.67 bits per heavy atom. The van der Waals surface area contributed by atoms with Gasteiger partial charge in [-0.3, -0.25) is 4.79 Å². The van der Waals surface area contributed by atoms with Crippen LogP contribution in [0.15, 0.2) is 0 Å². The summed E-state index contributed by atoms with van der Waals surface area (Å²) in [5.74, 6) is -0.833. The number of carboxylic acid groups (broad SMARTS) is 1. The zero-order valence-electron chi connectivity index (χ0n) is 3.12. The van der Waals surface area contributed by atoms with Crippen LogP contribution in [0.3, 0.4) is 0 Å². The van der Waals surface area contributed by atoms with Gasteiger partial charge in [0.15, 0.2) is 0 Å². The van der Waals surface area contributed by atoms with Crippen molar-refractivity contribution in [1.82, 2.24) is 0 Å². The van der Waals surface area contributed by atoms with E-state index in [1.54, 1.807) is 0 Å². The Morgan fingerprint density at radius 3 is 1.67 bits per heavy atom. The van der Waals surface area contributed by atoms with Gasteiger partial charge in [-0.2, -0.15) is 0 Å². The Balaban J connectivity index is -0.0000000450. The first-order valence-corrected chi connectivity index (χ1v) is 0.928. The van der Waals surface area contributed by atoms with Gasteiger partial charge >= 0.3 is 0 Å². The average molecular weight is 251 g/mol. The molecular weight excluding hydrogens is 245 g/mol. The van der Waals surface area contributed by atoms with Crippen molar-refractivity contribution >= 4 is 5.97 Å². The van der Waals surface area contributed by atoms with Crippen LogP contribution in [0.4, 0.5) is 0 Å². The molecule has 0 aliphatic carbocycles. The summed E-state index contributed by atoms with van der Waals surface area (Å²) < 4.78 is 0. The number of hydrogen-bond acceptors (Lipinski definition) is 1. The minimum Gasteiger partial charge on any atom is -0.481 e. The topological polar surface area (TPSA) is 68.8 Å². The molecule has 0 aliphatic heterocycles. The zero-order valence-corrected chi connectivity index (χ0v) is 4.84. The summed E-state index contributed by atoms with van der Waals surface area (Å²) in [5.41, 5.74) is 0. The molecule has 0 aromatic carbocycles. The van der Waals surface area contributed by atoms with Gasteiger partial charge in [0.1, 0.15) is 0 Å². The average Bonchev–Trinajstić information content (AvgIpc) is 0.811. The van der Waals surface area contributed by atoms with Crippen molar-refractivity contribution in [3.05, 3.63) is 0 Å². The molecule has 0 saturated heterocycles. The van der Waals surface area contributed by atoms with Gasteiger partial charge in [0.25, 0.3) is 5.97 Å². The van der Waals surface area contributed by atoms with Gasteiger partial charge in [-0.05, 0) is 0 Å². The zero-order chi connectivity index (χ0) is 3.58. The Kier molecular flexibility index (Phi) is 24.6. The van der Waals surface area contributed by atoms with E-state index in [-0.39, 0.29) is 52.4 Å². The quantitative estimate of drug-likeness (QED) is 0.616. The maximum atomic E-state index is 9.00. The van der Waals surface area contributed by atoms with Crippen molar-refractivity contribution in [1.29, 1.82) is 0 Å². The van der Waals surface area contributed by atoms with E-state index in [0.29, 0.717) is 0 Å². The van der Waals surface area contributed by atoms with Crippen molar-refractivity contribution in [2.75, 3.05) is 0 Å². The van der Waals surface area contributed by atoms with Crippen LogP contribution in [-0.4, -0.2) is 16.6 Å². The van der Waals surface area contributed by atoms with Crippen LogP contribution in [0.25, 0.3) is 0 Å². The third-order valence-corrected chi connectivity index (χ3v) is 0. The van der Waals surface area contributed by atoms with Gasteiger partial charge in [-0.15, -0.1) is 0 Å². The van der Waals surface area contributed by atoms with E-state index in [4.69, 9.17) is 9.90 Å². The van der Waals surface area contributed by atoms with Gasteiger partial charge in [0.2, 0.25) is 0 Å². The molecule has 0 bridgehead atoms. The van der Waals surface area contributed by atoms with E-state index in [1.807, 2.05) is 0 Å². The molecule has 6 heavy (non-hydrogen) atoms. The minimum atomic E-state index is -0.833. The van der Waals surface area contributed by atoms with Gasteiger partial charge in [0.05, 0.1) is 0 Å². The van der Waals surface area contributed by atoms with Gasteiger partial charge in [-0.25, -0.2) is 0 Å². The van der Waals surface area contributed by atoms with Crippen molar-refractivity contribution in [2.24, 2.45) is 0 Å². The molecule has 0 atom stereocenters. The number of carboxylic acids is 1. The first-order valence-electron chi connectivity index (χ1n) is 0.928. The second-order valence-corrected chi connectivity index (χ2v) is 0.519. The van der Waals surface area contributed by atoms with E-state index in [1.165, 1.54) is 0 Å². The molecule has 0 saturated carbocycles. The molecule has 0 aliphatic rings. The number of hydrogen-bond donors (Lipinski definition) is 1. The summed E-state index contributed by atoms with van der Waals surface area (Å²) in [4.78, 5) is 9.00. The Labute approximate surface area is 74.3 Å². The molecule has 0 unspecified atom stereocenters. The third-order valence-electron chi connectivity index (χ3n) is 0. The smallest absolute Gasteiger partial charge is 0.300 e. The van der Waals surface area contributed by atoms with Crippen LogP contribution in [-0.2, 0) is 4.79 Å². The van der Waals surface area contributed by atoms with Gasteiger partial charge in [0, 0.05) is 53.8 Å². The molecule has 3 nitrogen and oxygen atoms in total. The van der Waals surface area contributed by atoms with E-state index >= 15 is 0 Å². The van der Waals surface area contributed by atoms with Gasteiger partial charge in [-0.1, -0.05) is 0 Å². The summed E-state index contributed by atoms with van der Waals surface area (Å²) >= 11 is 0. The van der Waals surface area contributed by atoms with Crippen LogP contribution >= 0.6 is 0 Å². The SMILES string of the molecule is CC(=O)O.O.[Yb]. The third kappa shape index (κ3) is 85.6. The number of rotatable bonds is 0. The molecule has 0 aromatic rings. The van der Waals surface area contributed by atoms with E-state index in [0.717, 1.165) is 6.92 Å². The normalized spacial score (nSPS) is 4.17. The number of carbonyl (C=O) groups is 1. The van der Waals surface area contributed by atoms with Crippen molar-refractivity contribution in [3.8, 4) is 0 Å². The summed E-state index contributed by atoms with van der Waals surface area (Å²) in [5, 5.41) is 7.42. The molecule has 0 heterocycles. The van der Waals surface area contributed by atoms with Crippen molar-refractivity contribution in [3.63, 3.8) is 0 Å². The standard InChI is InChI=1S/C2H4O2.H2O.Yb/c1-2(3)4;;/h1H3,(H,3,4);1H2;. The minimum absolute atomic E-state index is 0. The fourth-order valence-corrected chi connectivity index (χ4v) is 0. The summed E-state index contributed by atoms with van der Waals surface area (Å²) in [6.45, 7) is 1.08. The fraction of sp³-hybridized carbons (Fsp3) is 0.500. The molecule has 0 radical (unpaired) electrons. The molecular formula is C2H6O3Yb. The molecule has 0 amide bonds. The molecule has 4 heteroatoms. The van der Waals surface area contributed by atoms with E-state index in [9.17, 15) is 0 Å². The van der Waals surface area contributed by atoms with Crippen LogP contribution < -0.4 is 0 Å². The molecule has 0 spiro atoms. The Bertz CT molecular complexity index is 31.8. The molecule has 46 valence electrons. The summed E-state index contributed by atoms with van der Waals surface area (Å²) in [6, 6.07) is 0. The van der Waals surface area contributed by atoms with Crippen LogP contribution in [0.2, 0.25) is 0 Å². The molecule has 3 N–H and O–H groups in total. The first-order chi connectivity index (χ1) is 1.73. The predicted octanol–water partition coefficient (Wildman–Crippen LogP) is -0.734. The molecule has 0 rings (SSSR count). The van der Waals surface area contributed by atoms with Gasteiger partial charge < -0.3 is 10.6 Å². The fourth-order valence-electron chi connectivity index (χ4n) is 0. The Hall–Kier alpha value is 0.949. The van der Waals surface area contributed by atoms with E-state index in [2.05, 4.69) is 0 Å². The Morgan fingerprint density at radius 2 is 1.67 bits per heavy atom. The monoisotopic (exact) mass is 252 g/mol. The second-order valence-electron chi connectivity index (χ2n) is 0.519. The van der Waals surface area contributed by atoms with Crippen molar-refractivity contribution in [2.45, 2.75) is 6.92 Å². The second kappa shape index (κ2) is 9.34. The summed E-state index contributed by atoms with van der Waals surface area (Å²) in [7, 11) is 0. The predicted molar refractivity (Wildman–Crippen MR) is 16.9 cm³/mol. The molecule has 0 fully saturated rings. The summed E-state index contributed by atoms with van der Waals surface area (Å²) in [6.07, 6.45) is 0. The van der Waals surface area contributed by atoms with Crippen LogP contribution in [0.5, 0.6) is 0 Å². The number of aliphatic carboxylic acids is 1. The van der Waals surface area contributed by atoms with Crippen LogP contribution in [0, 0.1) is 46.9 Å². The molecule has 0 aromatic heterocycles. The maximum Gasteiger partial charge on any atom is 0.300 e. The van der Waals surface area contributed by atoms with Crippen molar-refractivity contribution < 1.29 is 62.3 Å². The largest absolute Gasteiger partial charge is 0.481 e. The maximum absolute atomic E-state index is 9.00. The van der Waals surface area contributed by atoms with E-state index < -0.39 is 5.97 Å². The van der Waals surface area contributed by atoms with Crippen LogP contribution in [0.1, 0.15) is 6.92 Å².